The van der Waals surface area contributed by atoms with Crippen LogP contribution in [0.1, 0.15) is 102 Å². The van der Waals surface area contributed by atoms with Gasteiger partial charge in [-0.1, -0.05) is 125 Å². The molecule has 3 nitrogen and oxygen atoms in total. The average molecular weight is 518 g/mol. The number of aliphatic hydroxyl groups is 2. The lowest BCUT2D eigenvalue weighted by atomic mass is 9.96. The van der Waals surface area contributed by atoms with Crippen molar-refractivity contribution in [2.75, 3.05) is 0 Å². The van der Waals surface area contributed by atoms with Crippen molar-refractivity contribution in [1.29, 1.82) is 0 Å². The van der Waals surface area contributed by atoms with Gasteiger partial charge in [0.05, 0.1) is 6.10 Å². The van der Waals surface area contributed by atoms with Crippen LogP contribution < -0.4 is 0 Å². The number of hydrogen-bond donors (Lipinski definition) is 2. The van der Waals surface area contributed by atoms with Gasteiger partial charge in [0.25, 0.3) is 5.92 Å². The molecule has 0 amide bonds. The van der Waals surface area contributed by atoms with E-state index in [1.807, 2.05) is 67.6 Å². The van der Waals surface area contributed by atoms with E-state index >= 15 is 0 Å². The molecule has 0 bridgehead atoms. The maximum absolute atomic E-state index is 14.7. The number of unbranched alkanes of at least 4 members (excludes halogenated alkanes) is 9. The third-order valence-electron chi connectivity index (χ3n) is 7.41. The SMILES string of the molecule is CCCCCCCCCCCCC(F)(F)[C@@H](O)C[C@@H](O)[C@H](C)N(Cc1ccccc1)Cc1ccccc1. The zero-order valence-electron chi connectivity index (χ0n) is 23.0. The fraction of sp³-hybridized carbons (Fsp3) is 0.625. The van der Waals surface area contributed by atoms with Crippen LogP contribution >= 0.6 is 0 Å². The Bertz CT molecular complexity index is 777. The zero-order chi connectivity index (χ0) is 26.9. The van der Waals surface area contributed by atoms with Gasteiger partial charge < -0.3 is 10.2 Å². The van der Waals surface area contributed by atoms with Gasteiger partial charge in [0.2, 0.25) is 0 Å². The molecule has 0 saturated carbocycles. The van der Waals surface area contributed by atoms with E-state index in [4.69, 9.17) is 0 Å². The van der Waals surface area contributed by atoms with E-state index < -0.39 is 24.2 Å². The largest absolute Gasteiger partial charge is 0.391 e. The lowest BCUT2D eigenvalue weighted by Crippen LogP contribution is -2.45. The van der Waals surface area contributed by atoms with Gasteiger partial charge in [-0.05, 0) is 24.5 Å². The van der Waals surface area contributed by atoms with E-state index in [2.05, 4.69) is 11.8 Å². The van der Waals surface area contributed by atoms with Crippen molar-refractivity contribution >= 4 is 0 Å². The quantitative estimate of drug-likeness (QED) is 0.174. The van der Waals surface area contributed by atoms with Gasteiger partial charge >= 0.3 is 0 Å². The Morgan fingerprint density at radius 2 is 1.14 bits per heavy atom. The molecule has 0 aromatic heterocycles. The Morgan fingerprint density at radius 1 is 0.703 bits per heavy atom. The van der Waals surface area contributed by atoms with Gasteiger partial charge in [0.15, 0.2) is 0 Å². The second-order valence-corrected chi connectivity index (χ2v) is 10.6. The summed E-state index contributed by atoms with van der Waals surface area (Å²) in [6.07, 6.45) is 7.15. The summed E-state index contributed by atoms with van der Waals surface area (Å²) in [4.78, 5) is 2.09. The number of hydrogen-bond acceptors (Lipinski definition) is 3. The molecule has 0 radical (unpaired) electrons. The number of halogens is 2. The first-order valence-electron chi connectivity index (χ1n) is 14.4. The van der Waals surface area contributed by atoms with E-state index in [9.17, 15) is 19.0 Å². The van der Waals surface area contributed by atoms with Gasteiger partial charge in [0, 0.05) is 32.0 Å². The van der Waals surface area contributed by atoms with Crippen LogP contribution in [0, 0.1) is 0 Å². The second-order valence-electron chi connectivity index (χ2n) is 10.6. The average Bonchev–Trinajstić information content (AvgIpc) is 2.90. The molecule has 0 saturated heterocycles. The Balaban J connectivity index is 1.81. The Kier molecular flexibility index (Phi) is 15.0. The van der Waals surface area contributed by atoms with Crippen LogP contribution in [0.4, 0.5) is 8.78 Å². The summed E-state index contributed by atoms with van der Waals surface area (Å²) in [5, 5.41) is 21.3. The van der Waals surface area contributed by atoms with E-state index in [1.54, 1.807) is 0 Å². The molecule has 2 rings (SSSR count). The van der Waals surface area contributed by atoms with Crippen LogP contribution in [0.3, 0.4) is 0 Å². The minimum Gasteiger partial charge on any atom is -0.391 e. The minimum absolute atomic E-state index is 0.330. The molecule has 0 aliphatic rings. The number of aliphatic hydroxyl groups excluding tert-OH is 2. The highest BCUT2D eigenvalue weighted by atomic mass is 19.3. The molecule has 208 valence electrons. The number of rotatable bonds is 20. The predicted octanol–water partition coefficient (Wildman–Crippen LogP) is 8.14. The van der Waals surface area contributed by atoms with E-state index in [0.29, 0.717) is 19.5 Å². The molecule has 0 unspecified atom stereocenters. The Hall–Kier alpha value is -1.82. The van der Waals surface area contributed by atoms with Gasteiger partial charge in [-0.3, -0.25) is 4.90 Å². The Morgan fingerprint density at radius 3 is 1.59 bits per heavy atom. The highest BCUT2D eigenvalue weighted by molar-refractivity contribution is 5.17. The smallest absolute Gasteiger partial charge is 0.273 e. The number of alkyl halides is 2. The van der Waals surface area contributed by atoms with Gasteiger partial charge in [-0.2, -0.15) is 0 Å². The summed E-state index contributed by atoms with van der Waals surface area (Å²) < 4.78 is 29.4. The lowest BCUT2D eigenvalue weighted by molar-refractivity contribution is -0.132. The molecule has 0 heterocycles. The summed E-state index contributed by atoms with van der Waals surface area (Å²) in [7, 11) is 0. The highest BCUT2D eigenvalue weighted by Crippen LogP contribution is 2.30. The van der Waals surface area contributed by atoms with Crippen LogP contribution in [0.2, 0.25) is 0 Å². The molecule has 5 heteroatoms. The minimum atomic E-state index is -3.19. The zero-order valence-corrected chi connectivity index (χ0v) is 23.0. The standard InChI is InChI=1S/C32H49F2NO2/c1-3-4-5-6-7-8-9-10-11-18-23-32(33,34)31(37)24-30(36)27(2)35(25-28-19-14-12-15-20-28)26-29-21-16-13-17-22-29/h12-17,19-22,27,30-31,36-37H,3-11,18,23-26H2,1-2H3/t27-,30+,31-/m0/s1. The lowest BCUT2D eigenvalue weighted by Gasteiger charge is -2.34. The van der Waals surface area contributed by atoms with Crippen LogP contribution in [0.25, 0.3) is 0 Å². The van der Waals surface area contributed by atoms with Gasteiger partial charge in [0.1, 0.15) is 6.10 Å². The molecule has 2 aromatic rings. The molecule has 0 aliphatic carbocycles. The molecular formula is C32H49F2NO2. The van der Waals surface area contributed by atoms with Crippen LogP contribution in [0.5, 0.6) is 0 Å². The molecule has 0 fully saturated rings. The molecule has 3 atom stereocenters. The van der Waals surface area contributed by atoms with Crippen molar-refractivity contribution in [3.8, 4) is 0 Å². The van der Waals surface area contributed by atoms with E-state index in [1.165, 1.54) is 38.5 Å². The van der Waals surface area contributed by atoms with Crippen molar-refractivity contribution in [2.24, 2.45) is 0 Å². The summed E-state index contributed by atoms with van der Waals surface area (Å²) in [5.74, 6) is -3.19. The van der Waals surface area contributed by atoms with Crippen LogP contribution in [-0.2, 0) is 13.1 Å². The topological polar surface area (TPSA) is 43.7 Å². The highest BCUT2D eigenvalue weighted by Gasteiger charge is 2.40. The predicted molar refractivity (Wildman–Crippen MR) is 150 cm³/mol. The van der Waals surface area contributed by atoms with Crippen LogP contribution in [0.15, 0.2) is 60.7 Å². The maximum Gasteiger partial charge on any atom is 0.273 e. The van der Waals surface area contributed by atoms with Crippen molar-refractivity contribution < 1.29 is 19.0 Å². The number of benzene rings is 2. The molecule has 0 spiro atoms. The van der Waals surface area contributed by atoms with Gasteiger partial charge in [-0.25, -0.2) is 8.78 Å². The first kappa shape index (κ1) is 31.4. The molecule has 2 aromatic carbocycles. The third-order valence-corrected chi connectivity index (χ3v) is 7.41. The van der Waals surface area contributed by atoms with Crippen molar-refractivity contribution in [3.63, 3.8) is 0 Å². The summed E-state index contributed by atoms with van der Waals surface area (Å²) in [5.41, 5.74) is 2.17. The van der Waals surface area contributed by atoms with Crippen LogP contribution in [-0.4, -0.2) is 39.3 Å². The molecule has 37 heavy (non-hydrogen) atoms. The first-order chi connectivity index (χ1) is 17.8. The summed E-state index contributed by atoms with van der Waals surface area (Å²) in [6.45, 7) is 5.22. The Labute approximate surface area is 223 Å². The fourth-order valence-corrected chi connectivity index (χ4v) is 4.84. The van der Waals surface area contributed by atoms with Crippen molar-refractivity contribution in [1.82, 2.24) is 4.90 Å². The fourth-order valence-electron chi connectivity index (χ4n) is 4.84. The first-order valence-corrected chi connectivity index (χ1v) is 14.4. The molecule has 2 N–H and O–H groups in total. The van der Waals surface area contributed by atoms with Crippen molar-refractivity contribution in [3.05, 3.63) is 71.8 Å². The third kappa shape index (κ3) is 12.5. The monoisotopic (exact) mass is 517 g/mol. The molecule has 0 aliphatic heterocycles. The summed E-state index contributed by atoms with van der Waals surface area (Å²) in [6, 6.07) is 19.5. The second kappa shape index (κ2) is 17.6. The van der Waals surface area contributed by atoms with E-state index in [-0.39, 0.29) is 12.8 Å². The van der Waals surface area contributed by atoms with Crippen molar-refractivity contribution in [2.45, 2.75) is 128 Å². The van der Waals surface area contributed by atoms with E-state index in [0.717, 1.165) is 30.4 Å². The maximum atomic E-state index is 14.7. The normalized spacial score (nSPS) is 14.6. The van der Waals surface area contributed by atoms with Gasteiger partial charge in [-0.15, -0.1) is 0 Å². The summed E-state index contributed by atoms with van der Waals surface area (Å²) >= 11 is 0. The number of nitrogens with zero attached hydrogens (tertiary/aromatic N) is 1. The molecular weight excluding hydrogens is 468 g/mol.